The lowest BCUT2D eigenvalue weighted by molar-refractivity contribution is 0.332. The summed E-state index contributed by atoms with van der Waals surface area (Å²) in [6, 6.07) is 32.8. The second-order valence-corrected chi connectivity index (χ2v) is 18.4. The van der Waals surface area contributed by atoms with E-state index in [-0.39, 0.29) is 23.0 Å². The first-order chi connectivity index (χ1) is 24.5. The molecule has 262 valence electrons. The second kappa shape index (κ2) is 10.9. The number of furan rings is 1. The van der Waals surface area contributed by atoms with Crippen molar-refractivity contribution in [3.63, 3.8) is 0 Å². The summed E-state index contributed by atoms with van der Waals surface area (Å²) in [5.41, 5.74) is 21.5. The molecule has 0 saturated heterocycles. The lowest BCUT2D eigenvalue weighted by atomic mass is 9.35. The van der Waals surface area contributed by atoms with Gasteiger partial charge in [0.05, 0.1) is 11.3 Å². The van der Waals surface area contributed by atoms with E-state index in [4.69, 9.17) is 4.42 Å². The number of aryl methyl sites for hydroxylation is 4. The van der Waals surface area contributed by atoms with Gasteiger partial charge in [-0.05, 0) is 144 Å². The van der Waals surface area contributed by atoms with Crippen LogP contribution in [-0.2, 0) is 16.2 Å². The van der Waals surface area contributed by atoms with Crippen LogP contribution in [0.2, 0.25) is 0 Å². The van der Waals surface area contributed by atoms with Gasteiger partial charge < -0.3 is 14.2 Å². The zero-order chi connectivity index (χ0) is 36.6. The summed E-state index contributed by atoms with van der Waals surface area (Å²) in [4.78, 5) is 5.09. The molecule has 0 unspecified atom stereocenters. The highest BCUT2D eigenvalue weighted by atomic mass is 16.3. The van der Waals surface area contributed by atoms with Crippen molar-refractivity contribution < 1.29 is 4.42 Å². The van der Waals surface area contributed by atoms with E-state index in [1.54, 1.807) is 0 Å². The normalized spacial score (nSPS) is 16.8. The van der Waals surface area contributed by atoms with Gasteiger partial charge in [0.1, 0.15) is 5.58 Å². The molecule has 3 aliphatic rings. The van der Waals surface area contributed by atoms with Crippen molar-refractivity contribution in [1.82, 2.24) is 0 Å². The lowest BCUT2D eigenvalue weighted by Crippen LogP contribution is -2.61. The first-order valence-electron chi connectivity index (χ1n) is 19.2. The third-order valence-corrected chi connectivity index (χ3v) is 12.5. The Morgan fingerprint density at radius 3 is 1.88 bits per heavy atom. The van der Waals surface area contributed by atoms with Crippen LogP contribution < -0.4 is 26.4 Å². The lowest BCUT2D eigenvalue weighted by Gasteiger charge is -2.46. The van der Waals surface area contributed by atoms with E-state index in [1.165, 1.54) is 96.5 Å². The van der Waals surface area contributed by atoms with E-state index in [2.05, 4.69) is 171 Å². The van der Waals surface area contributed by atoms with E-state index in [9.17, 15) is 0 Å². The Balaban J connectivity index is 1.42. The summed E-state index contributed by atoms with van der Waals surface area (Å²) >= 11 is 0. The summed E-state index contributed by atoms with van der Waals surface area (Å²) < 4.78 is 7.17. The summed E-state index contributed by atoms with van der Waals surface area (Å²) in [6.07, 6.45) is 2.35. The molecule has 0 atom stereocenters. The van der Waals surface area contributed by atoms with Crippen molar-refractivity contribution in [1.29, 1.82) is 0 Å². The van der Waals surface area contributed by atoms with Crippen molar-refractivity contribution in [2.24, 2.45) is 0 Å². The Morgan fingerprint density at radius 2 is 1.23 bits per heavy atom. The summed E-state index contributed by atoms with van der Waals surface area (Å²) in [6.45, 7) is 25.5. The van der Waals surface area contributed by atoms with Crippen LogP contribution in [0.3, 0.4) is 0 Å². The molecule has 6 aromatic rings. The zero-order valence-electron chi connectivity index (χ0n) is 32.9. The maximum absolute atomic E-state index is 7.17. The van der Waals surface area contributed by atoms with Crippen LogP contribution in [0.5, 0.6) is 0 Å². The molecule has 4 heteroatoms. The van der Waals surface area contributed by atoms with Crippen LogP contribution in [-0.4, -0.2) is 6.71 Å². The molecule has 52 heavy (non-hydrogen) atoms. The van der Waals surface area contributed by atoms with Gasteiger partial charge in [0.2, 0.25) is 0 Å². The minimum Gasteiger partial charge on any atom is -0.468 e. The molecule has 0 bridgehead atoms. The number of nitrogens with zero attached hydrogens (tertiary/aromatic N) is 2. The van der Waals surface area contributed by atoms with E-state index < -0.39 is 0 Å². The minimum atomic E-state index is -0.0541. The van der Waals surface area contributed by atoms with Gasteiger partial charge in [-0.3, -0.25) is 0 Å². The number of hydrogen-bond donors (Lipinski definition) is 0. The third kappa shape index (κ3) is 4.79. The number of rotatable bonds is 2. The molecule has 3 heterocycles. The molecular weight excluding hydrogens is 631 g/mol. The van der Waals surface area contributed by atoms with Gasteiger partial charge in [-0.2, -0.15) is 0 Å². The number of fused-ring (bicyclic) bond motifs is 7. The van der Waals surface area contributed by atoms with E-state index >= 15 is 0 Å². The molecular formula is C48H51BN2O. The fourth-order valence-electron chi connectivity index (χ4n) is 9.49. The van der Waals surface area contributed by atoms with Crippen LogP contribution in [0.15, 0.2) is 89.3 Å². The molecule has 1 aliphatic carbocycles. The van der Waals surface area contributed by atoms with Crippen molar-refractivity contribution in [2.45, 2.75) is 105 Å². The van der Waals surface area contributed by atoms with Crippen LogP contribution >= 0.6 is 0 Å². The Kier molecular flexibility index (Phi) is 6.96. The standard InChI is InChI=1S/C48H51BN2O/c1-28-12-18-38(31(4)22-28)51-39-27-36-35(47(8,9)20-21-48(36,10)11)26-37(39)49-43-40(24-30(3)25-41(43)51)50(33-16-14-32(15-17-33)46(5,6)7)44-34-23-29(2)13-19-42(34)52-45(44)49/h12-19,22-27H,20-21H2,1-11H3. The highest BCUT2D eigenvalue weighted by Crippen LogP contribution is 2.51. The summed E-state index contributed by atoms with van der Waals surface area (Å²) in [5, 5.41) is 1.17. The van der Waals surface area contributed by atoms with Gasteiger partial charge >= 0.3 is 0 Å². The monoisotopic (exact) mass is 682 g/mol. The quantitative estimate of drug-likeness (QED) is 0.169. The second-order valence-electron chi connectivity index (χ2n) is 18.4. The van der Waals surface area contributed by atoms with Crippen LogP contribution in [0, 0.1) is 27.7 Å². The zero-order valence-corrected chi connectivity index (χ0v) is 32.9. The first kappa shape index (κ1) is 33.2. The molecule has 0 fully saturated rings. The maximum Gasteiger partial charge on any atom is 0.297 e. The Labute approximate surface area is 310 Å². The molecule has 5 aromatic carbocycles. The molecule has 0 saturated carbocycles. The summed E-state index contributed by atoms with van der Waals surface area (Å²) in [5.74, 6) is 0. The highest BCUT2D eigenvalue weighted by Gasteiger charge is 2.49. The van der Waals surface area contributed by atoms with Gasteiger partial charge in [0.25, 0.3) is 6.71 Å². The molecule has 9 rings (SSSR count). The average molecular weight is 683 g/mol. The van der Waals surface area contributed by atoms with Gasteiger partial charge in [-0.25, -0.2) is 0 Å². The maximum atomic E-state index is 7.17. The van der Waals surface area contributed by atoms with E-state index in [0.29, 0.717) is 0 Å². The topological polar surface area (TPSA) is 19.6 Å². The molecule has 1 aromatic heterocycles. The van der Waals surface area contributed by atoms with E-state index in [0.717, 1.165) is 16.9 Å². The predicted molar refractivity (Wildman–Crippen MR) is 223 cm³/mol. The molecule has 3 nitrogen and oxygen atoms in total. The van der Waals surface area contributed by atoms with Crippen molar-refractivity contribution in [3.8, 4) is 0 Å². The van der Waals surface area contributed by atoms with Gasteiger partial charge in [0, 0.05) is 33.8 Å². The SMILES string of the molecule is Cc1ccc(N2c3cc4c(cc3B3c5oc6ccc(C)cc6c5N(c5ccc(C(C)(C)C)cc5)c5cc(C)cc2c53)C(C)(C)CCC4(C)C)c(C)c1. The predicted octanol–water partition coefficient (Wildman–Crippen LogP) is 11.4. The van der Waals surface area contributed by atoms with Crippen molar-refractivity contribution in [3.05, 3.63) is 124 Å². The highest BCUT2D eigenvalue weighted by molar-refractivity contribution is 7.00. The number of hydrogen-bond acceptors (Lipinski definition) is 3. The first-order valence-corrected chi connectivity index (χ1v) is 19.2. The van der Waals surface area contributed by atoms with Crippen LogP contribution in [0.4, 0.5) is 34.1 Å². The smallest absolute Gasteiger partial charge is 0.297 e. The van der Waals surface area contributed by atoms with Crippen LogP contribution in [0.1, 0.15) is 100 Å². The Hall–Kier alpha value is -4.70. The van der Waals surface area contributed by atoms with Crippen molar-refractivity contribution >= 4 is 68.4 Å². The summed E-state index contributed by atoms with van der Waals surface area (Å²) in [7, 11) is 0. The molecule has 0 N–H and O–H groups in total. The molecule has 0 amide bonds. The minimum absolute atomic E-state index is 0.0541. The number of benzene rings is 5. The molecule has 2 aliphatic heterocycles. The van der Waals surface area contributed by atoms with Gasteiger partial charge in [-0.15, -0.1) is 0 Å². The Bertz CT molecular complexity index is 2460. The Morgan fingerprint density at radius 1 is 0.615 bits per heavy atom. The van der Waals surface area contributed by atoms with Gasteiger partial charge in [-0.1, -0.05) is 96.0 Å². The third-order valence-electron chi connectivity index (χ3n) is 12.5. The fraction of sp³-hybridized carbons (Fsp3) is 0.333. The fourth-order valence-corrected chi connectivity index (χ4v) is 9.49. The average Bonchev–Trinajstić information content (AvgIpc) is 3.44. The van der Waals surface area contributed by atoms with E-state index in [1.807, 2.05) is 0 Å². The number of anilines is 6. The largest absolute Gasteiger partial charge is 0.468 e. The van der Waals surface area contributed by atoms with Crippen LogP contribution in [0.25, 0.3) is 11.0 Å². The molecule has 0 spiro atoms. The molecule has 0 radical (unpaired) electrons. The van der Waals surface area contributed by atoms with Gasteiger partial charge in [0.15, 0.2) is 0 Å². The van der Waals surface area contributed by atoms with Crippen molar-refractivity contribution in [2.75, 3.05) is 9.80 Å².